The molecular weight excluding hydrogens is 240 g/mol. The highest BCUT2D eigenvalue weighted by molar-refractivity contribution is 5.36. The molecule has 0 amide bonds. The molecule has 0 bridgehead atoms. The predicted molar refractivity (Wildman–Crippen MR) is 63.6 cm³/mol. The normalized spacial score (nSPS) is 29.9. The van der Waals surface area contributed by atoms with Crippen molar-refractivity contribution in [3.05, 3.63) is 12.3 Å². The van der Waals surface area contributed by atoms with Gasteiger partial charge < -0.3 is 16.4 Å². The zero-order valence-electron chi connectivity index (χ0n) is 9.94. The molecule has 0 radical (unpaired) electrons. The zero-order chi connectivity index (χ0) is 12.8. The van der Waals surface area contributed by atoms with E-state index in [-0.39, 0.29) is 13.1 Å². The molecule has 1 aliphatic heterocycles. The van der Waals surface area contributed by atoms with E-state index >= 15 is 0 Å². The number of anilines is 1. The van der Waals surface area contributed by atoms with Gasteiger partial charge in [0.2, 0.25) is 0 Å². The average Bonchev–Trinajstić information content (AvgIpc) is 2.60. The number of halogens is 2. The molecule has 1 aromatic heterocycles. The Kier molecular flexibility index (Phi) is 2.74. The Bertz CT molecular complexity index is 429. The molecule has 2 heterocycles. The van der Waals surface area contributed by atoms with Crippen molar-refractivity contribution in [2.75, 3.05) is 31.5 Å². The number of hydrogen-bond acceptors (Lipinski definition) is 4. The van der Waals surface area contributed by atoms with E-state index in [4.69, 9.17) is 5.73 Å². The van der Waals surface area contributed by atoms with E-state index in [9.17, 15) is 8.78 Å². The third kappa shape index (κ3) is 1.78. The molecule has 18 heavy (non-hydrogen) atoms. The van der Waals surface area contributed by atoms with Gasteiger partial charge in [-0.1, -0.05) is 0 Å². The Labute approximate surface area is 104 Å². The van der Waals surface area contributed by atoms with Crippen molar-refractivity contribution in [2.45, 2.75) is 12.0 Å². The van der Waals surface area contributed by atoms with Crippen LogP contribution < -0.4 is 16.4 Å². The number of nitrogens with two attached hydrogens (primary N) is 1. The van der Waals surface area contributed by atoms with Crippen molar-refractivity contribution in [2.24, 2.45) is 17.6 Å². The minimum Gasteiger partial charge on any atom is -0.370 e. The summed E-state index contributed by atoms with van der Waals surface area (Å²) in [4.78, 5) is 0. The lowest BCUT2D eigenvalue weighted by atomic mass is 10.2. The first-order valence-electron chi connectivity index (χ1n) is 6.20. The lowest BCUT2D eigenvalue weighted by Gasteiger charge is -2.28. The molecule has 1 saturated heterocycles. The fourth-order valence-electron chi connectivity index (χ4n) is 2.47. The van der Waals surface area contributed by atoms with E-state index in [1.807, 2.05) is 10.7 Å². The maximum absolute atomic E-state index is 13.3. The van der Waals surface area contributed by atoms with Gasteiger partial charge in [-0.05, 0) is 0 Å². The summed E-state index contributed by atoms with van der Waals surface area (Å²) in [5.74, 6) is -3.12. The summed E-state index contributed by atoms with van der Waals surface area (Å²) >= 11 is 0. The maximum Gasteiger partial charge on any atom is 0.257 e. The van der Waals surface area contributed by atoms with Crippen molar-refractivity contribution in [1.82, 2.24) is 15.1 Å². The number of nitrogens with one attached hydrogen (secondary N) is 2. The van der Waals surface area contributed by atoms with Gasteiger partial charge in [-0.15, -0.1) is 0 Å². The summed E-state index contributed by atoms with van der Waals surface area (Å²) in [6.45, 7) is 2.05. The summed E-state index contributed by atoms with van der Waals surface area (Å²) in [6.07, 6.45) is 1.69. The fraction of sp³-hybridized carbons (Fsp3) is 0.727. The molecule has 1 saturated carbocycles. The molecule has 2 atom stereocenters. The van der Waals surface area contributed by atoms with Crippen LogP contribution in [0.5, 0.6) is 0 Å². The second kappa shape index (κ2) is 4.17. The minimum absolute atomic E-state index is 0.0468. The monoisotopic (exact) mass is 257 g/mol. The first-order chi connectivity index (χ1) is 8.64. The van der Waals surface area contributed by atoms with Crippen molar-refractivity contribution in [1.29, 1.82) is 0 Å². The van der Waals surface area contributed by atoms with Crippen molar-refractivity contribution >= 4 is 5.82 Å². The van der Waals surface area contributed by atoms with E-state index in [1.54, 1.807) is 6.20 Å². The van der Waals surface area contributed by atoms with Crippen LogP contribution >= 0.6 is 0 Å². The van der Waals surface area contributed by atoms with Gasteiger partial charge in [0.05, 0.1) is 18.2 Å². The van der Waals surface area contributed by atoms with E-state index in [0.29, 0.717) is 6.04 Å². The van der Waals surface area contributed by atoms with Crippen LogP contribution in [0.2, 0.25) is 0 Å². The Hall–Kier alpha value is -1.21. The minimum atomic E-state index is -2.61. The van der Waals surface area contributed by atoms with Crippen LogP contribution in [0.4, 0.5) is 14.6 Å². The van der Waals surface area contributed by atoms with Crippen LogP contribution in [0.15, 0.2) is 12.3 Å². The smallest absolute Gasteiger partial charge is 0.257 e. The topological polar surface area (TPSA) is 67.9 Å². The predicted octanol–water partition coefficient (Wildman–Crippen LogP) is 0.279. The molecule has 4 N–H and O–H groups in total. The molecule has 3 rings (SSSR count). The first kappa shape index (κ1) is 11.9. The quantitative estimate of drug-likeness (QED) is 0.709. The van der Waals surface area contributed by atoms with Gasteiger partial charge in [-0.3, -0.25) is 0 Å². The van der Waals surface area contributed by atoms with Crippen molar-refractivity contribution < 1.29 is 8.78 Å². The van der Waals surface area contributed by atoms with E-state index in [0.717, 1.165) is 18.9 Å². The number of nitrogens with zero attached hydrogens (tertiary/aromatic N) is 2. The molecule has 100 valence electrons. The molecule has 2 unspecified atom stereocenters. The van der Waals surface area contributed by atoms with E-state index in [1.165, 1.54) is 0 Å². The van der Waals surface area contributed by atoms with Gasteiger partial charge in [0.25, 0.3) is 5.92 Å². The van der Waals surface area contributed by atoms with Crippen LogP contribution in [0, 0.1) is 11.8 Å². The summed E-state index contributed by atoms with van der Waals surface area (Å²) in [5, 5.41) is 10.4. The van der Waals surface area contributed by atoms with Crippen LogP contribution in [0.3, 0.4) is 0 Å². The van der Waals surface area contributed by atoms with E-state index < -0.39 is 17.8 Å². The summed E-state index contributed by atoms with van der Waals surface area (Å²) in [5.41, 5.74) is 5.32. The second-order valence-electron chi connectivity index (χ2n) is 4.98. The highest BCUT2D eigenvalue weighted by atomic mass is 19.3. The summed E-state index contributed by atoms with van der Waals surface area (Å²) in [6, 6.07) is 2.14. The second-order valence-corrected chi connectivity index (χ2v) is 4.98. The number of aromatic nitrogens is 2. The van der Waals surface area contributed by atoms with Crippen molar-refractivity contribution in [3.63, 3.8) is 0 Å². The lowest BCUT2D eigenvalue weighted by molar-refractivity contribution is 0.0869. The van der Waals surface area contributed by atoms with Crippen LogP contribution in [0.1, 0.15) is 6.04 Å². The van der Waals surface area contributed by atoms with Crippen LogP contribution in [-0.4, -0.2) is 41.9 Å². The number of hydrogen-bond donors (Lipinski definition) is 3. The van der Waals surface area contributed by atoms with Gasteiger partial charge in [-0.2, -0.15) is 5.10 Å². The van der Waals surface area contributed by atoms with Gasteiger partial charge in [0, 0.05) is 38.2 Å². The molecule has 1 aliphatic carbocycles. The molecule has 2 fully saturated rings. The highest BCUT2D eigenvalue weighted by Crippen LogP contribution is 2.54. The average molecular weight is 257 g/mol. The van der Waals surface area contributed by atoms with E-state index in [2.05, 4.69) is 15.7 Å². The summed E-state index contributed by atoms with van der Waals surface area (Å²) in [7, 11) is 0. The summed E-state index contributed by atoms with van der Waals surface area (Å²) < 4.78 is 28.4. The Morgan fingerprint density at radius 2 is 2.28 bits per heavy atom. The van der Waals surface area contributed by atoms with Crippen LogP contribution in [0.25, 0.3) is 0 Å². The SMILES string of the molecule is NCC1C(CNc2ccnn2C2CNC2)C1(F)F. The molecule has 1 aromatic rings. The third-order valence-electron chi connectivity index (χ3n) is 3.90. The third-order valence-corrected chi connectivity index (χ3v) is 3.90. The molecule has 7 heteroatoms. The Balaban J connectivity index is 1.59. The fourth-order valence-corrected chi connectivity index (χ4v) is 2.47. The molecule has 2 aliphatic rings. The molecule has 0 spiro atoms. The van der Waals surface area contributed by atoms with Gasteiger partial charge in [0.1, 0.15) is 5.82 Å². The van der Waals surface area contributed by atoms with Gasteiger partial charge in [0.15, 0.2) is 0 Å². The first-order valence-corrected chi connectivity index (χ1v) is 6.20. The maximum atomic E-state index is 13.3. The molecule has 5 nitrogen and oxygen atoms in total. The lowest BCUT2D eigenvalue weighted by Crippen LogP contribution is -2.44. The van der Waals surface area contributed by atoms with Crippen LogP contribution in [-0.2, 0) is 0 Å². The molecule has 0 aromatic carbocycles. The molecular formula is C11H17F2N5. The Morgan fingerprint density at radius 3 is 2.83 bits per heavy atom. The van der Waals surface area contributed by atoms with Gasteiger partial charge >= 0.3 is 0 Å². The van der Waals surface area contributed by atoms with Crippen molar-refractivity contribution in [3.8, 4) is 0 Å². The number of alkyl halides is 2. The standard InChI is InChI=1S/C11H17F2N5/c12-11(13)8(3-14)9(11)6-16-10-1-2-17-18(10)7-4-15-5-7/h1-2,7-9,15-16H,3-6,14H2. The zero-order valence-corrected chi connectivity index (χ0v) is 9.94. The highest BCUT2D eigenvalue weighted by Gasteiger charge is 2.66. The largest absolute Gasteiger partial charge is 0.370 e. The number of rotatable bonds is 5. The Morgan fingerprint density at radius 1 is 1.50 bits per heavy atom. The van der Waals surface area contributed by atoms with Gasteiger partial charge in [-0.25, -0.2) is 13.5 Å².